The van der Waals surface area contributed by atoms with Crippen molar-refractivity contribution in [3.05, 3.63) is 29.3 Å². The van der Waals surface area contributed by atoms with Gasteiger partial charge in [-0.25, -0.2) is 0 Å². The molecule has 2 N–H and O–H groups in total. The summed E-state index contributed by atoms with van der Waals surface area (Å²) in [7, 11) is 0. The SMILES string of the molecule is Nc1ccc2c(c1)CCN(C1CCOC1)CC2. The van der Waals surface area contributed by atoms with Gasteiger partial charge in [0, 0.05) is 31.4 Å². The number of hydrogen-bond acceptors (Lipinski definition) is 3. The number of nitrogen functional groups attached to an aromatic ring is 1. The molecule has 0 aromatic heterocycles. The minimum atomic E-state index is 0.640. The summed E-state index contributed by atoms with van der Waals surface area (Å²) in [6.07, 6.45) is 3.46. The lowest BCUT2D eigenvalue weighted by Gasteiger charge is -2.25. The van der Waals surface area contributed by atoms with E-state index >= 15 is 0 Å². The number of anilines is 1. The predicted molar refractivity (Wildman–Crippen MR) is 69.1 cm³/mol. The third-order valence-electron chi connectivity index (χ3n) is 3.99. The Kier molecular flexibility index (Phi) is 3.04. The number of nitrogens with zero attached hydrogens (tertiary/aromatic N) is 1. The number of benzene rings is 1. The second-order valence-corrected chi connectivity index (χ2v) is 5.08. The van der Waals surface area contributed by atoms with Crippen LogP contribution in [-0.4, -0.2) is 37.2 Å². The van der Waals surface area contributed by atoms with E-state index in [-0.39, 0.29) is 0 Å². The van der Waals surface area contributed by atoms with Crippen molar-refractivity contribution in [3.63, 3.8) is 0 Å². The summed E-state index contributed by atoms with van der Waals surface area (Å²) >= 11 is 0. The zero-order valence-electron chi connectivity index (χ0n) is 10.2. The van der Waals surface area contributed by atoms with Gasteiger partial charge < -0.3 is 10.5 Å². The summed E-state index contributed by atoms with van der Waals surface area (Å²) in [4.78, 5) is 2.59. The van der Waals surface area contributed by atoms with Crippen LogP contribution in [0.1, 0.15) is 17.5 Å². The third kappa shape index (κ3) is 2.31. The van der Waals surface area contributed by atoms with Gasteiger partial charge in [-0.3, -0.25) is 4.90 Å². The van der Waals surface area contributed by atoms with Crippen molar-refractivity contribution in [3.8, 4) is 0 Å². The van der Waals surface area contributed by atoms with E-state index in [4.69, 9.17) is 10.5 Å². The van der Waals surface area contributed by atoms with Crippen LogP contribution in [0.3, 0.4) is 0 Å². The molecule has 0 aliphatic carbocycles. The Labute approximate surface area is 103 Å². The topological polar surface area (TPSA) is 38.5 Å². The van der Waals surface area contributed by atoms with E-state index in [1.54, 1.807) is 0 Å². The van der Waals surface area contributed by atoms with Gasteiger partial charge in [0.1, 0.15) is 0 Å². The Hall–Kier alpha value is -1.06. The number of fused-ring (bicyclic) bond motifs is 1. The van der Waals surface area contributed by atoms with Crippen molar-refractivity contribution in [2.45, 2.75) is 25.3 Å². The highest BCUT2D eigenvalue weighted by atomic mass is 16.5. The lowest BCUT2D eigenvalue weighted by atomic mass is 10.0. The first kappa shape index (κ1) is 11.1. The molecule has 3 nitrogen and oxygen atoms in total. The maximum Gasteiger partial charge on any atom is 0.0622 e. The summed E-state index contributed by atoms with van der Waals surface area (Å²) in [6.45, 7) is 4.15. The molecule has 2 heterocycles. The number of rotatable bonds is 1. The Morgan fingerprint density at radius 3 is 2.76 bits per heavy atom. The van der Waals surface area contributed by atoms with Crippen LogP contribution in [-0.2, 0) is 17.6 Å². The van der Waals surface area contributed by atoms with E-state index in [1.165, 1.54) is 17.5 Å². The maximum atomic E-state index is 5.86. The van der Waals surface area contributed by atoms with Gasteiger partial charge >= 0.3 is 0 Å². The monoisotopic (exact) mass is 232 g/mol. The van der Waals surface area contributed by atoms with Crippen molar-refractivity contribution in [2.24, 2.45) is 0 Å². The molecule has 0 radical (unpaired) electrons. The van der Waals surface area contributed by atoms with Crippen LogP contribution < -0.4 is 5.73 Å². The summed E-state index contributed by atoms with van der Waals surface area (Å²) in [5.74, 6) is 0. The molecule has 1 aromatic rings. The van der Waals surface area contributed by atoms with Crippen LogP contribution in [0.15, 0.2) is 18.2 Å². The summed E-state index contributed by atoms with van der Waals surface area (Å²) < 4.78 is 5.49. The van der Waals surface area contributed by atoms with Crippen molar-refractivity contribution < 1.29 is 4.74 Å². The number of hydrogen-bond donors (Lipinski definition) is 1. The van der Waals surface area contributed by atoms with E-state index in [2.05, 4.69) is 17.0 Å². The van der Waals surface area contributed by atoms with Gasteiger partial charge in [-0.2, -0.15) is 0 Å². The van der Waals surface area contributed by atoms with E-state index in [1.807, 2.05) is 6.07 Å². The first-order valence-corrected chi connectivity index (χ1v) is 6.52. The zero-order valence-corrected chi connectivity index (χ0v) is 10.2. The largest absolute Gasteiger partial charge is 0.399 e. The van der Waals surface area contributed by atoms with Gasteiger partial charge in [0.15, 0.2) is 0 Å². The van der Waals surface area contributed by atoms with Crippen LogP contribution in [0.4, 0.5) is 5.69 Å². The predicted octanol–water partition coefficient (Wildman–Crippen LogP) is 1.46. The average molecular weight is 232 g/mol. The van der Waals surface area contributed by atoms with Crippen molar-refractivity contribution in [1.82, 2.24) is 4.90 Å². The Morgan fingerprint density at radius 2 is 2.00 bits per heavy atom. The fourth-order valence-electron chi connectivity index (χ4n) is 2.94. The van der Waals surface area contributed by atoms with Crippen LogP contribution in [0.25, 0.3) is 0 Å². The highest BCUT2D eigenvalue weighted by Crippen LogP contribution is 2.21. The molecule has 1 atom stereocenters. The fraction of sp³-hybridized carbons (Fsp3) is 0.571. The standard InChI is InChI=1S/C14H20N2O/c15-13-2-1-11-3-6-16(7-4-12(11)9-13)14-5-8-17-10-14/h1-2,9,14H,3-8,10,15H2. The Balaban J connectivity index is 1.74. The minimum Gasteiger partial charge on any atom is -0.399 e. The molecule has 0 saturated carbocycles. The van der Waals surface area contributed by atoms with Crippen molar-refractivity contribution in [2.75, 3.05) is 32.0 Å². The normalized spacial score (nSPS) is 25.5. The lowest BCUT2D eigenvalue weighted by molar-refractivity contribution is 0.147. The van der Waals surface area contributed by atoms with Gasteiger partial charge in [-0.05, 0) is 42.5 Å². The molecule has 0 spiro atoms. The van der Waals surface area contributed by atoms with Crippen molar-refractivity contribution in [1.29, 1.82) is 0 Å². The van der Waals surface area contributed by atoms with E-state index in [0.717, 1.165) is 44.8 Å². The van der Waals surface area contributed by atoms with Crippen LogP contribution >= 0.6 is 0 Å². The molecule has 0 bridgehead atoms. The van der Waals surface area contributed by atoms with Crippen LogP contribution in [0.2, 0.25) is 0 Å². The van der Waals surface area contributed by atoms with Gasteiger partial charge in [0.05, 0.1) is 6.61 Å². The summed E-state index contributed by atoms with van der Waals surface area (Å²) in [5, 5.41) is 0. The molecule has 3 rings (SSSR count). The minimum absolute atomic E-state index is 0.640. The van der Waals surface area contributed by atoms with Crippen molar-refractivity contribution >= 4 is 5.69 Å². The molecule has 1 aromatic carbocycles. The quantitative estimate of drug-likeness (QED) is 0.745. The first-order valence-electron chi connectivity index (χ1n) is 6.52. The fourth-order valence-corrected chi connectivity index (χ4v) is 2.94. The smallest absolute Gasteiger partial charge is 0.0622 e. The highest BCUT2D eigenvalue weighted by molar-refractivity contribution is 5.45. The molecule has 3 heteroatoms. The molecular formula is C14H20N2O. The van der Waals surface area contributed by atoms with E-state index in [9.17, 15) is 0 Å². The van der Waals surface area contributed by atoms with Crippen LogP contribution in [0, 0.1) is 0 Å². The van der Waals surface area contributed by atoms with Gasteiger partial charge in [0.25, 0.3) is 0 Å². The third-order valence-corrected chi connectivity index (χ3v) is 3.99. The molecule has 1 unspecified atom stereocenters. The molecule has 92 valence electrons. The number of nitrogens with two attached hydrogens (primary N) is 1. The van der Waals surface area contributed by atoms with Crippen LogP contribution in [0.5, 0.6) is 0 Å². The van der Waals surface area contributed by atoms with E-state index < -0.39 is 0 Å². The molecular weight excluding hydrogens is 212 g/mol. The Morgan fingerprint density at radius 1 is 1.18 bits per heavy atom. The van der Waals surface area contributed by atoms with E-state index in [0.29, 0.717) is 6.04 Å². The second-order valence-electron chi connectivity index (χ2n) is 5.08. The zero-order chi connectivity index (χ0) is 11.7. The van der Waals surface area contributed by atoms with Gasteiger partial charge in [-0.1, -0.05) is 6.07 Å². The summed E-state index contributed by atoms with van der Waals surface area (Å²) in [5.41, 5.74) is 9.66. The Bertz CT molecular complexity index is 399. The molecule has 2 aliphatic rings. The lowest BCUT2D eigenvalue weighted by Crippen LogP contribution is -2.37. The molecule has 17 heavy (non-hydrogen) atoms. The maximum absolute atomic E-state index is 5.86. The second kappa shape index (κ2) is 4.67. The highest BCUT2D eigenvalue weighted by Gasteiger charge is 2.24. The summed E-state index contributed by atoms with van der Waals surface area (Å²) in [6, 6.07) is 7.00. The van der Waals surface area contributed by atoms with Gasteiger partial charge in [0.2, 0.25) is 0 Å². The molecule has 1 saturated heterocycles. The molecule has 0 amide bonds. The molecule has 1 fully saturated rings. The van der Waals surface area contributed by atoms with Gasteiger partial charge in [-0.15, -0.1) is 0 Å². The number of ether oxygens (including phenoxy) is 1. The average Bonchev–Trinajstić information content (AvgIpc) is 2.77. The first-order chi connectivity index (χ1) is 8.33. The molecule has 2 aliphatic heterocycles.